The summed E-state index contributed by atoms with van der Waals surface area (Å²) in [5.41, 5.74) is 0.109. The van der Waals surface area contributed by atoms with Crippen LogP contribution in [0, 0.1) is 6.07 Å². The molecule has 3 nitrogen and oxygen atoms in total. The van der Waals surface area contributed by atoms with Crippen LogP contribution in [0.1, 0.15) is 33.5 Å². The summed E-state index contributed by atoms with van der Waals surface area (Å²) in [6.45, 7) is 6.37. The third-order valence-corrected chi connectivity index (χ3v) is 2.68. The van der Waals surface area contributed by atoms with Crippen LogP contribution in [-0.2, 0) is 31.6 Å². The van der Waals surface area contributed by atoms with Gasteiger partial charge in [-0.3, -0.25) is 0 Å². The quantitative estimate of drug-likeness (QED) is 0.647. The molecular weight excluding hydrogens is 440 g/mol. The fraction of sp³-hybridized carbons (Fsp3) is 0.429. The second kappa shape index (κ2) is 5.70. The Hall–Kier alpha value is -1.13. The van der Waals surface area contributed by atoms with E-state index in [0.29, 0.717) is 11.4 Å². The summed E-state index contributed by atoms with van der Waals surface area (Å²) in [4.78, 5) is 0. The van der Waals surface area contributed by atoms with Crippen LogP contribution in [0.3, 0.4) is 0 Å². The molecule has 0 aliphatic carbocycles. The van der Waals surface area contributed by atoms with E-state index in [9.17, 15) is 8.78 Å². The molecule has 1 aromatic carbocycles. The van der Waals surface area contributed by atoms with Gasteiger partial charge in [0.05, 0.1) is 5.82 Å². The van der Waals surface area contributed by atoms with Crippen LogP contribution >= 0.6 is 0 Å². The zero-order valence-electron chi connectivity index (χ0n) is 11.7. The summed E-state index contributed by atoms with van der Waals surface area (Å²) in [5, 5.41) is 7.59. The molecule has 1 aromatic heterocycles. The molecule has 0 amide bonds. The van der Waals surface area contributed by atoms with Crippen molar-refractivity contribution in [2.75, 3.05) is 0 Å². The molecule has 0 saturated heterocycles. The van der Waals surface area contributed by atoms with Crippen molar-refractivity contribution in [1.29, 1.82) is 0 Å². The van der Waals surface area contributed by atoms with Crippen molar-refractivity contribution >= 4 is 0 Å². The third kappa shape index (κ3) is 3.30. The SMILES string of the molecule is CC(F)(F)c1nnc(-c2[c-]cccc2)n1C(C)(C)C.[Ir]. The summed E-state index contributed by atoms with van der Waals surface area (Å²) in [6.07, 6.45) is 0. The van der Waals surface area contributed by atoms with Gasteiger partial charge in [0.25, 0.3) is 0 Å². The van der Waals surface area contributed by atoms with Crippen LogP contribution < -0.4 is 0 Å². The fourth-order valence-electron chi connectivity index (χ4n) is 1.91. The van der Waals surface area contributed by atoms with Crippen LogP contribution in [0.15, 0.2) is 24.3 Å². The first-order valence-corrected chi connectivity index (χ1v) is 6.02. The van der Waals surface area contributed by atoms with Crippen molar-refractivity contribution in [3.05, 3.63) is 36.2 Å². The Labute approximate surface area is 130 Å². The number of nitrogens with zero attached hydrogens (tertiary/aromatic N) is 3. The van der Waals surface area contributed by atoms with Gasteiger partial charge in [0.15, 0.2) is 5.82 Å². The predicted molar refractivity (Wildman–Crippen MR) is 68.9 cm³/mol. The third-order valence-electron chi connectivity index (χ3n) is 2.68. The van der Waals surface area contributed by atoms with E-state index in [0.717, 1.165) is 6.92 Å². The largest absolute Gasteiger partial charge is 0.341 e. The van der Waals surface area contributed by atoms with Crippen molar-refractivity contribution in [2.45, 2.75) is 39.2 Å². The molecule has 0 aliphatic rings. The van der Waals surface area contributed by atoms with Gasteiger partial charge in [-0.25, -0.2) is 0 Å². The molecule has 0 fully saturated rings. The molecule has 0 aliphatic heterocycles. The van der Waals surface area contributed by atoms with E-state index >= 15 is 0 Å². The average molecular weight is 457 g/mol. The molecule has 20 heavy (non-hydrogen) atoms. The van der Waals surface area contributed by atoms with Gasteiger partial charge in [0.1, 0.15) is 0 Å². The average Bonchev–Trinajstić information content (AvgIpc) is 2.74. The van der Waals surface area contributed by atoms with Crippen LogP contribution in [0.2, 0.25) is 0 Å². The van der Waals surface area contributed by atoms with Gasteiger partial charge in [-0.15, -0.1) is 41.0 Å². The molecule has 0 spiro atoms. The van der Waals surface area contributed by atoms with E-state index in [-0.39, 0.29) is 25.9 Å². The van der Waals surface area contributed by atoms with Gasteiger partial charge < -0.3 is 4.57 Å². The van der Waals surface area contributed by atoms with Gasteiger partial charge in [0, 0.05) is 32.6 Å². The molecule has 0 saturated carbocycles. The van der Waals surface area contributed by atoms with E-state index < -0.39 is 11.5 Å². The first-order valence-electron chi connectivity index (χ1n) is 6.02. The molecular formula is C14H16F2IrN3-. The molecule has 6 heteroatoms. The Morgan fingerprint density at radius 2 is 1.75 bits per heavy atom. The van der Waals surface area contributed by atoms with Crippen LogP contribution in [0.4, 0.5) is 8.78 Å². The number of halogens is 2. The number of hydrogen-bond acceptors (Lipinski definition) is 2. The topological polar surface area (TPSA) is 30.7 Å². The van der Waals surface area contributed by atoms with Crippen LogP contribution in [0.25, 0.3) is 11.4 Å². The number of alkyl halides is 2. The molecule has 1 heterocycles. The van der Waals surface area contributed by atoms with Crippen molar-refractivity contribution in [3.63, 3.8) is 0 Å². The first kappa shape index (κ1) is 16.9. The Balaban J connectivity index is 0.00000200. The standard InChI is InChI=1S/C14H16F2N3.Ir/c1-13(2,3)19-11(10-8-6-5-7-9-10)17-18-12(19)14(4,15)16;/h5-8H,1-4H3;/q-1;. The summed E-state index contributed by atoms with van der Waals surface area (Å²) >= 11 is 0. The van der Waals surface area contributed by atoms with Crippen molar-refractivity contribution < 1.29 is 28.9 Å². The van der Waals surface area contributed by atoms with Crippen molar-refractivity contribution in [2.24, 2.45) is 0 Å². The Morgan fingerprint density at radius 3 is 2.20 bits per heavy atom. The molecule has 2 rings (SSSR count). The first-order chi connectivity index (χ1) is 8.71. The minimum Gasteiger partial charge on any atom is -0.341 e. The molecule has 0 bridgehead atoms. The minimum absolute atomic E-state index is 0. The molecule has 1 radical (unpaired) electrons. The van der Waals surface area contributed by atoms with Crippen LogP contribution in [-0.4, -0.2) is 14.8 Å². The van der Waals surface area contributed by atoms with Crippen molar-refractivity contribution in [1.82, 2.24) is 14.8 Å². The Kier molecular flexibility index (Phi) is 4.82. The number of aromatic nitrogens is 3. The van der Waals surface area contributed by atoms with E-state index in [1.165, 1.54) is 4.57 Å². The number of rotatable bonds is 2. The van der Waals surface area contributed by atoms with E-state index in [1.807, 2.05) is 32.9 Å². The maximum Gasteiger partial charge on any atom is 0.303 e. The predicted octanol–water partition coefficient (Wildman–Crippen LogP) is 3.61. The summed E-state index contributed by atoms with van der Waals surface area (Å²) in [6, 6.07) is 10.1. The maximum absolute atomic E-state index is 13.6. The fourth-order valence-corrected chi connectivity index (χ4v) is 1.91. The summed E-state index contributed by atoms with van der Waals surface area (Å²) in [7, 11) is 0. The molecule has 0 unspecified atom stereocenters. The van der Waals surface area contributed by atoms with Gasteiger partial charge in [-0.05, 0) is 20.8 Å². The van der Waals surface area contributed by atoms with Gasteiger partial charge in [-0.1, -0.05) is 0 Å². The molecule has 111 valence electrons. The zero-order chi connectivity index (χ0) is 14.3. The van der Waals surface area contributed by atoms with E-state index in [4.69, 9.17) is 0 Å². The van der Waals surface area contributed by atoms with Gasteiger partial charge >= 0.3 is 5.92 Å². The summed E-state index contributed by atoms with van der Waals surface area (Å²) < 4.78 is 28.8. The zero-order valence-corrected chi connectivity index (χ0v) is 14.1. The van der Waals surface area contributed by atoms with Gasteiger partial charge in [0.2, 0.25) is 0 Å². The second-order valence-electron chi connectivity index (χ2n) is 5.52. The second-order valence-corrected chi connectivity index (χ2v) is 5.52. The molecule has 0 N–H and O–H groups in total. The smallest absolute Gasteiger partial charge is 0.303 e. The van der Waals surface area contributed by atoms with Gasteiger partial charge in [-0.2, -0.15) is 13.9 Å². The number of hydrogen-bond donors (Lipinski definition) is 0. The Bertz CT molecular complexity index is 568. The maximum atomic E-state index is 13.6. The Morgan fingerprint density at radius 1 is 1.10 bits per heavy atom. The number of benzene rings is 1. The van der Waals surface area contributed by atoms with Crippen molar-refractivity contribution in [3.8, 4) is 11.4 Å². The molecule has 2 aromatic rings. The van der Waals surface area contributed by atoms with E-state index in [2.05, 4.69) is 16.3 Å². The van der Waals surface area contributed by atoms with Crippen LogP contribution in [0.5, 0.6) is 0 Å². The molecule has 0 atom stereocenters. The monoisotopic (exact) mass is 457 g/mol. The normalized spacial score (nSPS) is 12.1. The minimum atomic E-state index is -3.03. The summed E-state index contributed by atoms with van der Waals surface area (Å²) in [5.74, 6) is -2.95. The van der Waals surface area contributed by atoms with E-state index in [1.54, 1.807) is 12.1 Å².